The Kier molecular flexibility index (Phi) is 4.18. The second-order valence-corrected chi connectivity index (χ2v) is 6.68. The highest BCUT2D eigenvalue weighted by Crippen LogP contribution is 2.19. The molecular weight excluding hydrogens is 287 g/mol. The maximum absolute atomic E-state index is 13.1. The molecule has 0 amide bonds. The van der Waals surface area contributed by atoms with Gasteiger partial charge in [0, 0.05) is 11.4 Å². The molecular formula is C12H13FN2O2S2. The molecule has 1 heterocycles. The van der Waals surface area contributed by atoms with Gasteiger partial charge in [0.2, 0.25) is 10.0 Å². The standard InChI is InChI=1S/C12H13FN2O2S2/c13-9-3-4-11(14)12(8-9)19(16,17)15-6-5-10-2-1-7-18-10/h1-4,7-8,15H,5-6,14H2. The molecule has 2 rings (SSSR count). The van der Waals surface area contributed by atoms with Gasteiger partial charge in [-0.3, -0.25) is 0 Å². The number of hydrogen-bond acceptors (Lipinski definition) is 4. The number of nitrogens with one attached hydrogen (secondary N) is 1. The van der Waals surface area contributed by atoms with Crippen LogP contribution >= 0.6 is 11.3 Å². The SMILES string of the molecule is Nc1ccc(F)cc1S(=O)(=O)NCCc1cccs1. The van der Waals surface area contributed by atoms with E-state index in [9.17, 15) is 12.8 Å². The summed E-state index contributed by atoms with van der Waals surface area (Å²) in [4.78, 5) is 0.855. The lowest BCUT2D eigenvalue weighted by atomic mass is 10.3. The molecule has 0 aliphatic rings. The first-order valence-electron chi connectivity index (χ1n) is 5.56. The third kappa shape index (κ3) is 3.52. The topological polar surface area (TPSA) is 72.2 Å². The predicted molar refractivity (Wildman–Crippen MR) is 74.0 cm³/mol. The van der Waals surface area contributed by atoms with Gasteiger partial charge in [0.15, 0.2) is 0 Å². The molecule has 0 aliphatic heterocycles. The van der Waals surface area contributed by atoms with Gasteiger partial charge in [-0.15, -0.1) is 11.3 Å². The predicted octanol–water partition coefficient (Wildman–Crippen LogP) is 1.99. The third-order valence-electron chi connectivity index (χ3n) is 2.51. The van der Waals surface area contributed by atoms with E-state index in [-0.39, 0.29) is 17.1 Å². The number of benzene rings is 1. The number of thiophene rings is 1. The van der Waals surface area contributed by atoms with Gasteiger partial charge in [-0.05, 0) is 36.1 Å². The van der Waals surface area contributed by atoms with Crippen LogP contribution in [-0.2, 0) is 16.4 Å². The summed E-state index contributed by atoms with van der Waals surface area (Å²) in [5.41, 5.74) is 5.59. The minimum absolute atomic E-state index is 0.0324. The second kappa shape index (κ2) is 5.68. The van der Waals surface area contributed by atoms with Crippen molar-refractivity contribution >= 4 is 27.0 Å². The van der Waals surface area contributed by atoms with Crippen molar-refractivity contribution in [2.75, 3.05) is 12.3 Å². The number of sulfonamides is 1. The van der Waals surface area contributed by atoms with Crippen LogP contribution in [0, 0.1) is 5.82 Å². The highest BCUT2D eigenvalue weighted by Gasteiger charge is 2.17. The maximum atomic E-state index is 13.1. The van der Waals surface area contributed by atoms with Gasteiger partial charge in [0.1, 0.15) is 10.7 Å². The van der Waals surface area contributed by atoms with Gasteiger partial charge in [-0.2, -0.15) is 0 Å². The lowest BCUT2D eigenvalue weighted by Crippen LogP contribution is -2.26. The normalized spacial score (nSPS) is 11.6. The zero-order chi connectivity index (χ0) is 13.9. The van der Waals surface area contributed by atoms with Gasteiger partial charge in [-0.1, -0.05) is 6.07 Å². The van der Waals surface area contributed by atoms with Crippen molar-refractivity contribution in [1.82, 2.24) is 4.72 Å². The van der Waals surface area contributed by atoms with E-state index in [4.69, 9.17) is 5.73 Å². The zero-order valence-electron chi connectivity index (χ0n) is 9.97. The Morgan fingerprint density at radius 1 is 1.32 bits per heavy atom. The van der Waals surface area contributed by atoms with E-state index in [1.54, 1.807) is 11.3 Å². The number of nitrogen functional groups attached to an aromatic ring is 1. The minimum Gasteiger partial charge on any atom is -0.398 e. The Morgan fingerprint density at radius 2 is 2.11 bits per heavy atom. The molecule has 0 atom stereocenters. The van der Waals surface area contributed by atoms with Crippen LogP contribution < -0.4 is 10.5 Å². The molecule has 0 saturated carbocycles. The fourth-order valence-corrected chi connectivity index (χ4v) is 3.46. The van der Waals surface area contributed by atoms with Crippen LogP contribution in [0.1, 0.15) is 4.88 Å². The Bertz CT molecular complexity index is 654. The fourth-order valence-electron chi connectivity index (χ4n) is 1.58. The highest BCUT2D eigenvalue weighted by molar-refractivity contribution is 7.89. The van der Waals surface area contributed by atoms with Crippen LogP contribution in [0.25, 0.3) is 0 Å². The molecule has 0 radical (unpaired) electrons. The van der Waals surface area contributed by atoms with Crippen molar-refractivity contribution in [1.29, 1.82) is 0 Å². The lowest BCUT2D eigenvalue weighted by Gasteiger charge is -2.08. The van der Waals surface area contributed by atoms with Crippen LogP contribution in [0.5, 0.6) is 0 Å². The van der Waals surface area contributed by atoms with Crippen LogP contribution in [0.3, 0.4) is 0 Å². The lowest BCUT2D eigenvalue weighted by molar-refractivity contribution is 0.578. The van der Waals surface area contributed by atoms with Crippen molar-refractivity contribution in [3.8, 4) is 0 Å². The Hall–Kier alpha value is -1.44. The van der Waals surface area contributed by atoms with E-state index in [0.29, 0.717) is 6.42 Å². The van der Waals surface area contributed by atoms with Crippen molar-refractivity contribution in [2.24, 2.45) is 0 Å². The Balaban J connectivity index is 2.07. The van der Waals surface area contributed by atoms with E-state index >= 15 is 0 Å². The molecule has 4 nitrogen and oxygen atoms in total. The van der Waals surface area contributed by atoms with Gasteiger partial charge >= 0.3 is 0 Å². The molecule has 1 aromatic carbocycles. The maximum Gasteiger partial charge on any atom is 0.242 e. The van der Waals surface area contributed by atoms with E-state index < -0.39 is 15.8 Å². The molecule has 7 heteroatoms. The second-order valence-electron chi connectivity index (χ2n) is 3.91. The smallest absolute Gasteiger partial charge is 0.242 e. The van der Waals surface area contributed by atoms with E-state index in [2.05, 4.69) is 4.72 Å². The summed E-state index contributed by atoms with van der Waals surface area (Å²) in [5.74, 6) is -0.632. The summed E-state index contributed by atoms with van der Waals surface area (Å²) in [7, 11) is -3.78. The van der Waals surface area contributed by atoms with Gasteiger partial charge in [0.25, 0.3) is 0 Å². The van der Waals surface area contributed by atoms with E-state index in [1.165, 1.54) is 6.07 Å². The molecule has 19 heavy (non-hydrogen) atoms. The monoisotopic (exact) mass is 300 g/mol. The van der Waals surface area contributed by atoms with Crippen LogP contribution in [0.15, 0.2) is 40.6 Å². The zero-order valence-corrected chi connectivity index (χ0v) is 11.6. The van der Waals surface area contributed by atoms with Crippen LogP contribution in [0.4, 0.5) is 10.1 Å². The van der Waals surface area contributed by atoms with Crippen LogP contribution in [-0.4, -0.2) is 15.0 Å². The Morgan fingerprint density at radius 3 is 2.79 bits per heavy atom. The van der Waals surface area contributed by atoms with Crippen molar-refractivity contribution in [3.63, 3.8) is 0 Å². The molecule has 1 aromatic heterocycles. The largest absolute Gasteiger partial charge is 0.398 e. The molecule has 0 fully saturated rings. The third-order valence-corrected chi connectivity index (χ3v) is 4.96. The van der Waals surface area contributed by atoms with Gasteiger partial charge in [0.05, 0.1) is 5.69 Å². The first-order chi connectivity index (χ1) is 8.99. The molecule has 3 N–H and O–H groups in total. The highest BCUT2D eigenvalue weighted by atomic mass is 32.2. The van der Waals surface area contributed by atoms with E-state index in [1.807, 2.05) is 17.5 Å². The van der Waals surface area contributed by atoms with Crippen LogP contribution in [0.2, 0.25) is 0 Å². The summed E-state index contributed by atoms with van der Waals surface area (Å²) >= 11 is 1.56. The molecule has 2 aromatic rings. The minimum atomic E-state index is -3.78. The first-order valence-corrected chi connectivity index (χ1v) is 7.92. The molecule has 0 aliphatic carbocycles. The molecule has 0 unspecified atom stereocenters. The first kappa shape index (κ1) is 14.0. The molecule has 0 bridgehead atoms. The van der Waals surface area contributed by atoms with Crippen molar-refractivity contribution in [2.45, 2.75) is 11.3 Å². The summed E-state index contributed by atoms with van der Waals surface area (Å²) in [6.07, 6.45) is 0.589. The summed E-state index contributed by atoms with van der Waals surface area (Å²) in [5, 5.41) is 1.92. The molecule has 0 spiro atoms. The number of rotatable bonds is 5. The average Bonchev–Trinajstić information content (AvgIpc) is 2.85. The van der Waals surface area contributed by atoms with Crippen molar-refractivity contribution in [3.05, 3.63) is 46.4 Å². The number of nitrogens with two attached hydrogens (primary N) is 1. The Labute approximate surface area is 115 Å². The summed E-state index contributed by atoms with van der Waals surface area (Å²) < 4.78 is 39.4. The van der Waals surface area contributed by atoms with Gasteiger partial charge in [-0.25, -0.2) is 17.5 Å². The van der Waals surface area contributed by atoms with E-state index in [0.717, 1.165) is 17.0 Å². The molecule has 0 saturated heterocycles. The number of anilines is 1. The van der Waals surface area contributed by atoms with Crippen molar-refractivity contribution < 1.29 is 12.8 Å². The quantitative estimate of drug-likeness (QED) is 0.830. The number of halogens is 1. The summed E-state index contributed by atoms with van der Waals surface area (Å²) in [6.45, 7) is 0.249. The fraction of sp³-hybridized carbons (Fsp3) is 0.167. The number of hydrogen-bond donors (Lipinski definition) is 2. The van der Waals surface area contributed by atoms with Gasteiger partial charge < -0.3 is 5.73 Å². The average molecular weight is 300 g/mol. The summed E-state index contributed by atoms with van der Waals surface area (Å²) in [6, 6.07) is 7.11. The molecule has 102 valence electrons.